The van der Waals surface area contributed by atoms with Gasteiger partial charge in [0.25, 0.3) is 0 Å². The van der Waals surface area contributed by atoms with Gasteiger partial charge in [-0.25, -0.2) is 5.01 Å². The molecule has 0 amide bonds. The fourth-order valence-corrected chi connectivity index (χ4v) is 4.71. The van der Waals surface area contributed by atoms with Gasteiger partial charge < -0.3 is 10.2 Å². The Bertz CT molecular complexity index is 590. The summed E-state index contributed by atoms with van der Waals surface area (Å²) in [4.78, 5) is 5.90. The zero-order valence-corrected chi connectivity index (χ0v) is 14.6. The summed E-state index contributed by atoms with van der Waals surface area (Å²) in [5.74, 6) is 0.683. The fraction of sp³-hybridized carbons (Fsp3) is 0.684. The van der Waals surface area contributed by atoms with Crippen LogP contribution in [-0.4, -0.2) is 42.7 Å². The first-order valence-corrected chi connectivity index (χ1v) is 9.78. The predicted octanol–water partition coefficient (Wildman–Crippen LogP) is 1.70. The second-order valence-corrected chi connectivity index (χ2v) is 7.80. The van der Waals surface area contributed by atoms with Crippen LogP contribution in [0.1, 0.15) is 38.5 Å². The number of nitrogens with one attached hydrogen (secondary N) is 3. The molecule has 6 heteroatoms. The predicted molar refractivity (Wildman–Crippen MR) is 94.8 cm³/mol. The minimum Gasteiger partial charge on any atom is -0.380 e. The van der Waals surface area contributed by atoms with Crippen LogP contribution in [0.3, 0.4) is 0 Å². The molecule has 3 N–H and O–H groups in total. The van der Waals surface area contributed by atoms with Crippen molar-refractivity contribution in [1.82, 2.24) is 21.2 Å². The normalized spacial score (nSPS) is 39.2. The van der Waals surface area contributed by atoms with E-state index in [1.807, 2.05) is 0 Å². The second kappa shape index (κ2) is 6.85. The number of rotatable bonds is 3. The zero-order chi connectivity index (χ0) is 16.6. The van der Waals surface area contributed by atoms with E-state index in [2.05, 4.69) is 45.7 Å². The Morgan fingerprint density at radius 2 is 1.92 bits per heavy atom. The van der Waals surface area contributed by atoms with Crippen LogP contribution in [0.4, 0.5) is 0 Å². The molecule has 2 aliphatic carbocycles. The van der Waals surface area contributed by atoms with Crippen molar-refractivity contribution in [2.45, 2.75) is 63.0 Å². The minimum absolute atomic E-state index is 0.0630. The molecule has 0 spiro atoms. The first-order valence-electron chi connectivity index (χ1n) is 9.78. The third kappa shape index (κ3) is 3.06. The molecule has 0 aromatic rings. The Kier molecular flexibility index (Phi) is 4.39. The van der Waals surface area contributed by atoms with Gasteiger partial charge in [0, 0.05) is 12.8 Å². The lowest BCUT2D eigenvalue weighted by atomic mass is 9.87. The van der Waals surface area contributed by atoms with Gasteiger partial charge in [-0.2, -0.15) is 5.48 Å². The molecule has 3 heterocycles. The maximum absolute atomic E-state index is 5.90. The molecule has 2 saturated heterocycles. The molecule has 0 aromatic carbocycles. The molecular formula is C19H28N4O2. The molecule has 1 saturated carbocycles. The van der Waals surface area contributed by atoms with Gasteiger partial charge in [-0.3, -0.25) is 10.2 Å². The Morgan fingerprint density at radius 1 is 1.04 bits per heavy atom. The van der Waals surface area contributed by atoms with E-state index in [1.165, 1.54) is 43.3 Å². The number of ether oxygens (including phenoxy) is 1. The van der Waals surface area contributed by atoms with E-state index in [1.54, 1.807) is 0 Å². The molecule has 5 aliphatic rings. The Balaban J connectivity index is 1.27. The molecule has 0 aromatic heterocycles. The molecule has 3 fully saturated rings. The highest BCUT2D eigenvalue weighted by atomic mass is 16.7. The van der Waals surface area contributed by atoms with Gasteiger partial charge in [-0.1, -0.05) is 37.5 Å². The lowest BCUT2D eigenvalue weighted by Gasteiger charge is -2.31. The summed E-state index contributed by atoms with van der Waals surface area (Å²) in [7, 11) is 0. The quantitative estimate of drug-likeness (QED) is 0.725. The standard InChI is InChI=1S/C19H28N4O2/c1-2-4-13(5-3-1)18-21-19(25-22-18)14-6-7-15-11-20-23(17(15)10-14)16-8-9-24-12-16/h6-7,10-11,13,16-22H,1-5,8-9,12H2/t16-,17?,18?,19?/m1/s1. The monoisotopic (exact) mass is 344 g/mol. The van der Waals surface area contributed by atoms with Gasteiger partial charge in [-0.15, -0.1) is 0 Å². The zero-order valence-electron chi connectivity index (χ0n) is 14.6. The molecule has 3 unspecified atom stereocenters. The van der Waals surface area contributed by atoms with Gasteiger partial charge in [0.1, 0.15) is 0 Å². The fourth-order valence-electron chi connectivity index (χ4n) is 4.71. The van der Waals surface area contributed by atoms with Crippen molar-refractivity contribution in [2.75, 3.05) is 13.2 Å². The van der Waals surface area contributed by atoms with E-state index in [0.717, 1.165) is 19.6 Å². The lowest BCUT2D eigenvalue weighted by molar-refractivity contribution is 0.0350. The van der Waals surface area contributed by atoms with Crippen LogP contribution >= 0.6 is 0 Å². The summed E-state index contributed by atoms with van der Waals surface area (Å²) in [6.07, 6.45) is 16.8. The number of fused-ring (bicyclic) bond motifs is 1. The van der Waals surface area contributed by atoms with Crippen molar-refractivity contribution in [3.63, 3.8) is 0 Å². The van der Waals surface area contributed by atoms with Crippen LogP contribution in [0.25, 0.3) is 0 Å². The van der Waals surface area contributed by atoms with Crippen LogP contribution in [0.5, 0.6) is 0 Å². The first-order chi connectivity index (χ1) is 12.4. The van der Waals surface area contributed by atoms with Crippen LogP contribution in [-0.2, 0) is 9.57 Å². The third-order valence-corrected chi connectivity index (χ3v) is 6.21. The highest BCUT2D eigenvalue weighted by Crippen LogP contribution is 2.31. The Labute approximate surface area is 149 Å². The summed E-state index contributed by atoms with van der Waals surface area (Å²) >= 11 is 0. The maximum atomic E-state index is 5.90. The van der Waals surface area contributed by atoms with E-state index in [9.17, 15) is 0 Å². The van der Waals surface area contributed by atoms with Crippen molar-refractivity contribution >= 4 is 0 Å². The molecule has 136 valence electrons. The largest absolute Gasteiger partial charge is 0.380 e. The van der Waals surface area contributed by atoms with Crippen LogP contribution in [0.2, 0.25) is 0 Å². The SMILES string of the molecule is C1=CC2=CNN([C@@H]3CCOC3)C2C=C1C1NC(C2CCCCC2)NO1. The average molecular weight is 344 g/mol. The lowest BCUT2D eigenvalue weighted by Crippen LogP contribution is -2.46. The molecule has 4 atom stereocenters. The van der Waals surface area contributed by atoms with Crippen LogP contribution < -0.4 is 16.2 Å². The topological polar surface area (TPSA) is 57.8 Å². The third-order valence-electron chi connectivity index (χ3n) is 6.21. The van der Waals surface area contributed by atoms with E-state index >= 15 is 0 Å². The summed E-state index contributed by atoms with van der Waals surface area (Å²) in [5.41, 5.74) is 9.20. The van der Waals surface area contributed by atoms with Gasteiger partial charge in [-0.05, 0) is 36.3 Å². The number of hydrogen-bond acceptors (Lipinski definition) is 6. The van der Waals surface area contributed by atoms with E-state index in [-0.39, 0.29) is 18.4 Å². The number of hydroxylamine groups is 1. The van der Waals surface area contributed by atoms with Crippen molar-refractivity contribution in [3.05, 3.63) is 35.6 Å². The molecule has 25 heavy (non-hydrogen) atoms. The maximum Gasteiger partial charge on any atom is 0.156 e. The van der Waals surface area contributed by atoms with Gasteiger partial charge >= 0.3 is 0 Å². The number of nitrogens with zero attached hydrogens (tertiary/aromatic N) is 1. The van der Waals surface area contributed by atoms with Crippen molar-refractivity contribution < 1.29 is 9.57 Å². The number of hydrogen-bond donors (Lipinski definition) is 3. The van der Waals surface area contributed by atoms with E-state index in [0.29, 0.717) is 12.0 Å². The summed E-state index contributed by atoms with van der Waals surface area (Å²) in [6, 6.07) is 0.708. The smallest absolute Gasteiger partial charge is 0.156 e. The van der Waals surface area contributed by atoms with Crippen molar-refractivity contribution in [3.8, 4) is 0 Å². The highest BCUT2D eigenvalue weighted by molar-refractivity contribution is 5.44. The molecule has 0 radical (unpaired) electrons. The first kappa shape index (κ1) is 16.0. The number of hydrazine groups is 1. The molecular weight excluding hydrogens is 316 g/mol. The minimum atomic E-state index is -0.0630. The second-order valence-electron chi connectivity index (χ2n) is 7.80. The van der Waals surface area contributed by atoms with Crippen molar-refractivity contribution in [1.29, 1.82) is 0 Å². The van der Waals surface area contributed by atoms with Crippen LogP contribution in [0.15, 0.2) is 35.6 Å². The Hall–Kier alpha value is -1.18. The van der Waals surface area contributed by atoms with Crippen molar-refractivity contribution in [2.24, 2.45) is 5.92 Å². The summed E-state index contributed by atoms with van der Waals surface area (Å²) < 4.78 is 5.57. The van der Waals surface area contributed by atoms with E-state index < -0.39 is 0 Å². The molecule has 3 aliphatic heterocycles. The summed E-state index contributed by atoms with van der Waals surface area (Å²) in [6.45, 7) is 1.67. The summed E-state index contributed by atoms with van der Waals surface area (Å²) in [5, 5.41) is 5.98. The van der Waals surface area contributed by atoms with Gasteiger partial charge in [0.15, 0.2) is 6.23 Å². The molecule has 5 rings (SSSR count). The Morgan fingerprint density at radius 3 is 2.76 bits per heavy atom. The highest BCUT2D eigenvalue weighted by Gasteiger charge is 2.37. The average Bonchev–Trinajstić information content (AvgIpc) is 3.41. The van der Waals surface area contributed by atoms with E-state index in [4.69, 9.17) is 9.57 Å². The van der Waals surface area contributed by atoms with Crippen LogP contribution in [0, 0.1) is 5.92 Å². The molecule has 0 bridgehead atoms. The van der Waals surface area contributed by atoms with Gasteiger partial charge in [0.05, 0.1) is 24.9 Å². The van der Waals surface area contributed by atoms with Gasteiger partial charge in [0.2, 0.25) is 0 Å². The molecule has 6 nitrogen and oxygen atoms in total.